The van der Waals surface area contributed by atoms with Crippen LogP contribution in [0.15, 0.2) is 24.4 Å². The molecule has 0 aliphatic rings. The molecule has 0 aliphatic heterocycles. The van der Waals surface area contributed by atoms with Crippen LogP contribution in [0, 0.1) is 11.6 Å². The minimum Gasteiger partial charge on any atom is -0.308 e. The van der Waals surface area contributed by atoms with E-state index in [0.717, 1.165) is 42.0 Å². The third-order valence-corrected chi connectivity index (χ3v) is 3.29. The molecule has 0 amide bonds. The number of benzene rings is 1. The van der Waals surface area contributed by atoms with E-state index in [1.54, 1.807) is 12.3 Å². The van der Waals surface area contributed by atoms with Gasteiger partial charge in [-0.3, -0.25) is 0 Å². The van der Waals surface area contributed by atoms with Crippen molar-refractivity contribution in [2.75, 3.05) is 6.54 Å². The fourth-order valence-electron chi connectivity index (χ4n) is 1.83. The summed E-state index contributed by atoms with van der Waals surface area (Å²) in [6, 6.07) is 3.96. The topological polar surface area (TPSA) is 37.8 Å². The highest BCUT2D eigenvalue weighted by atomic mass is 32.1. The zero-order valence-electron chi connectivity index (χ0n) is 10.6. The van der Waals surface area contributed by atoms with Crippen LogP contribution in [0.3, 0.4) is 0 Å². The van der Waals surface area contributed by atoms with E-state index in [0.29, 0.717) is 6.42 Å². The van der Waals surface area contributed by atoms with Gasteiger partial charge in [0.15, 0.2) is 11.6 Å². The molecule has 102 valence electrons. The molecule has 0 saturated carbocycles. The molecule has 1 atom stereocenters. The van der Waals surface area contributed by atoms with Crippen LogP contribution in [0.25, 0.3) is 0 Å². The van der Waals surface area contributed by atoms with Crippen LogP contribution in [0.2, 0.25) is 0 Å². The Labute approximate surface area is 115 Å². The van der Waals surface area contributed by atoms with E-state index in [4.69, 9.17) is 0 Å². The molecule has 0 radical (unpaired) electrons. The Kier molecular flexibility index (Phi) is 4.93. The number of aromatic nitrogens is 2. The summed E-state index contributed by atoms with van der Waals surface area (Å²) in [5.74, 6) is -1.64. The summed E-state index contributed by atoms with van der Waals surface area (Å²) in [6.45, 7) is 2.91. The van der Waals surface area contributed by atoms with Crippen molar-refractivity contribution in [1.29, 1.82) is 0 Å². The third-order valence-electron chi connectivity index (χ3n) is 2.80. The van der Waals surface area contributed by atoms with E-state index >= 15 is 0 Å². The molecule has 0 saturated heterocycles. The summed E-state index contributed by atoms with van der Waals surface area (Å²) in [6.07, 6.45) is 3.26. The van der Waals surface area contributed by atoms with Crippen LogP contribution in [0.1, 0.15) is 30.6 Å². The van der Waals surface area contributed by atoms with Crippen LogP contribution in [0.5, 0.6) is 0 Å². The van der Waals surface area contributed by atoms with E-state index in [2.05, 4.69) is 21.0 Å². The van der Waals surface area contributed by atoms with Gasteiger partial charge in [0, 0.05) is 0 Å². The second-order valence-corrected chi connectivity index (χ2v) is 4.85. The maximum absolute atomic E-state index is 13.2. The van der Waals surface area contributed by atoms with E-state index in [1.807, 2.05) is 0 Å². The number of hydrogen-bond donors (Lipinski definition) is 1. The third kappa shape index (κ3) is 3.78. The first kappa shape index (κ1) is 14.0. The Morgan fingerprint density at radius 1 is 1.32 bits per heavy atom. The van der Waals surface area contributed by atoms with Crippen molar-refractivity contribution < 1.29 is 8.78 Å². The van der Waals surface area contributed by atoms with Crippen LogP contribution >= 0.6 is 11.7 Å². The Morgan fingerprint density at radius 3 is 2.79 bits per heavy atom. The lowest BCUT2D eigenvalue weighted by Gasteiger charge is -2.16. The highest BCUT2D eigenvalue weighted by Gasteiger charge is 2.15. The largest absolute Gasteiger partial charge is 0.308 e. The molecule has 1 N–H and O–H groups in total. The SMILES string of the molecule is CCCNC(Cc1ccc(F)c(F)c1)c1cnsn1. The Balaban J connectivity index is 2.13. The summed E-state index contributed by atoms with van der Waals surface area (Å²) < 4.78 is 34.3. The second kappa shape index (κ2) is 6.68. The molecule has 6 heteroatoms. The molecule has 0 bridgehead atoms. The van der Waals surface area contributed by atoms with Gasteiger partial charge < -0.3 is 5.32 Å². The second-order valence-electron chi connectivity index (χ2n) is 4.29. The summed E-state index contributed by atoms with van der Waals surface area (Å²) >= 11 is 1.14. The van der Waals surface area contributed by atoms with Crippen molar-refractivity contribution in [2.24, 2.45) is 0 Å². The number of halogens is 2. The van der Waals surface area contributed by atoms with Gasteiger partial charge in [0.1, 0.15) is 0 Å². The molecular formula is C13H15F2N3S. The van der Waals surface area contributed by atoms with Gasteiger partial charge in [-0.1, -0.05) is 13.0 Å². The van der Waals surface area contributed by atoms with Gasteiger partial charge in [0.05, 0.1) is 29.7 Å². The summed E-state index contributed by atoms with van der Waals surface area (Å²) in [5, 5.41) is 3.34. The highest BCUT2D eigenvalue weighted by molar-refractivity contribution is 6.99. The van der Waals surface area contributed by atoms with Gasteiger partial charge in [-0.25, -0.2) is 8.78 Å². The quantitative estimate of drug-likeness (QED) is 0.885. The molecule has 2 rings (SSSR count). The average Bonchev–Trinajstić information content (AvgIpc) is 2.92. The molecular weight excluding hydrogens is 268 g/mol. The van der Waals surface area contributed by atoms with Gasteiger partial charge in [-0.15, -0.1) is 0 Å². The molecule has 0 aliphatic carbocycles. The molecule has 0 spiro atoms. The smallest absolute Gasteiger partial charge is 0.159 e. The number of nitrogens with one attached hydrogen (secondary N) is 1. The normalized spacial score (nSPS) is 12.6. The molecule has 1 heterocycles. The van der Waals surface area contributed by atoms with Crippen LogP contribution in [-0.4, -0.2) is 15.3 Å². The highest BCUT2D eigenvalue weighted by Crippen LogP contribution is 2.18. The zero-order valence-corrected chi connectivity index (χ0v) is 11.4. The molecule has 0 fully saturated rings. The standard InChI is InChI=1S/C13H15F2N3S/c1-2-5-16-12(13-8-17-19-18-13)7-9-3-4-10(14)11(15)6-9/h3-4,6,8,12,16H,2,5,7H2,1H3. The molecule has 1 unspecified atom stereocenters. The number of rotatable bonds is 6. The predicted molar refractivity (Wildman–Crippen MR) is 71.0 cm³/mol. The van der Waals surface area contributed by atoms with E-state index < -0.39 is 11.6 Å². The van der Waals surface area contributed by atoms with Gasteiger partial charge in [-0.05, 0) is 37.1 Å². The lowest BCUT2D eigenvalue weighted by molar-refractivity contribution is 0.498. The molecule has 1 aromatic heterocycles. The van der Waals surface area contributed by atoms with Crippen molar-refractivity contribution in [1.82, 2.24) is 14.1 Å². The van der Waals surface area contributed by atoms with Gasteiger partial charge in [0.25, 0.3) is 0 Å². The lowest BCUT2D eigenvalue weighted by atomic mass is 10.0. The minimum atomic E-state index is -0.822. The van der Waals surface area contributed by atoms with Gasteiger partial charge in [-0.2, -0.15) is 8.75 Å². The van der Waals surface area contributed by atoms with Gasteiger partial charge in [0.2, 0.25) is 0 Å². The van der Waals surface area contributed by atoms with Crippen molar-refractivity contribution in [3.8, 4) is 0 Å². The first-order valence-electron chi connectivity index (χ1n) is 6.15. The summed E-state index contributed by atoms with van der Waals surface area (Å²) in [7, 11) is 0. The first-order valence-corrected chi connectivity index (χ1v) is 6.88. The van der Waals surface area contributed by atoms with Crippen molar-refractivity contribution in [3.05, 3.63) is 47.3 Å². The maximum atomic E-state index is 13.2. The Bertz CT molecular complexity index is 517. The van der Waals surface area contributed by atoms with Crippen LogP contribution < -0.4 is 5.32 Å². The van der Waals surface area contributed by atoms with Crippen molar-refractivity contribution >= 4 is 11.7 Å². The Hall–Kier alpha value is -1.40. The predicted octanol–water partition coefficient (Wildman–Crippen LogP) is 3.10. The molecule has 1 aromatic carbocycles. The van der Waals surface area contributed by atoms with Crippen molar-refractivity contribution in [3.63, 3.8) is 0 Å². The van der Waals surface area contributed by atoms with E-state index in [1.165, 1.54) is 6.07 Å². The van der Waals surface area contributed by atoms with Crippen LogP contribution in [0.4, 0.5) is 8.78 Å². The maximum Gasteiger partial charge on any atom is 0.159 e. The summed E-state index contributed by atoms with van der Waals surface area (Å²) in [5.41, 5.74) is 1.57. The Morgan fingerprint density at radius 2 is 2.16 bits per heavy atom. The monoisotopic (exact) mass is 283 g/mol. The minimum absolute atomic E-state index is 0.0245. The molecule has 19 heavy (non-hydrogen) atoms. The fraction of sp³-hybridized carbons (Fsp3) is 0.385. The van der Waals surface area contributed by atoms with Crippen LogP contribution in [-0.2, 0) is 6.42 Å². The lowest BCUT2D eigenvalue weighted by Crippen LogP contribution is -2.24. The molecule has 3 nitrogen and oxygen atoms in total. The number of hydrogen-bond acceptors (Lipinski definition) is 4. The van der Waals surface area contributed by atoms with E-state index in [9.17, 15) is 8.78 Å². The fourth-order valence-corrected chi connectivity index (χ4v) is 2.30. The number of nitrogens with zero attached hydrogens (tertiary/aromatic N) is 2. The van der Waals surface area contributed by atoms with Gasteiger partial charge >= 0.3 is 0 Å². The summed E-state index contributed by atoms with van der Waals surface area (Å²) in [4.78, 5) is 0. The van der Waals surface area contributed by atoms with E-state index in [-0.39, 0.29) is 6.04 Å². The average molecular weight is 283 g/mol. The zero-order chi connectivity index (χ0) is 13.7. The van der Waals surface area contributed by atoms with Crippen molar-refractivity contribution in [2.45, 2.75) is 25.8 Å². The molecule has 2 aromatic rings. The first-order chi connectivity index (χ1) is 9.20.